The van der Waals surface area contributed by atoms with Crippen LogP contribution in [0.4, 0.5) is 4.39 Å². The van der Waals surface area contributed by atoms with E-state index in [1.807, 2.05) is 26.8 Å². The molecule has 3 nitrogen and oxygen atoms in total. The number of aryl methyl sites for hydroxylation is 1. The zero-order chi connectivity index (χ0) is 14.2. The van der Waals surface area contributed by atoms with E-state index in [4.69, 9.17) is 0 Å². The molecular formula is C15H17FN2O. The molecule has 0 spiro atoms. The molecule has 1 N–H and O–H groups in total. The maximum Gasteiger partial charge on any atom is 0.254 e. The maximum absolute atomic E-state index is 13.5. The summed E-state index contributed by atoms with van der Waals surface area (Å²) in [5, 5.41) is 0. The number of benzene rings is 1. The van der Waals surface area contributed by atoms with Gasteiger partial charge in [0.15, 0.2) is 0 Å². The summed E-state index contributed by atoms with van der Waals surface area (Å²) in [5.41, 5.74) is 2.34. The minimum Gasteiger partial charge on any atom is -0.310 e. The van der Waals surface area contributed by atoms with Gasteiger partial charge in [0.05, 0.1) is 5.69 Å². The second-order valence-corrected chi connectivity index (χ2v) is 5.10. The number of hydrogen-bond acceptors (Lipinski definition) is 2. The summed E-state index contributed by atoms with van der Waals surface area (Å²) >= 11 is 0. The normalized spacial score (nSPS) is 11.1. The number of rotatable bonds is 2. The molecule has 0 aliphatic rings. The van der Waals surface area contributed by atoms with Gasteiger partial charge in [0.2, 0.25) is 0 Å². The molecule has 0 aliphatic carbocycles. The first-order chi connectivity index (χ1) is 8.88. The van der Waals surface area contributed by atoms with Gasteiger partial charge in [0.25, 0.3) is 5.56 Å². The van der Waals surface area contributed by atoms with Crippen molar-refractivity contribution in [3.63, 3.8) is 0 Å². The highest BCUT2D eigenvalue weighted by molar-refractivity contribution is 5.63. The zero-order valence-corrected chi connectivity index (χ0v) is 11.5. The smallest absolute Gasteiger partial charge is 0.254 e. The van der Waals surface area contributed by atoms with Crippen LogP contribution in [0.15, 0.2) is 23.0 Å². The minimum absolute atomic E-state index is 0.113. The van der Waals surface area contributed by atoms with E-state index < -0.39 is 0 Å². The number of nitrogens with zero attached hydrogens (tertiary/aromatic N) is 1. The van der Waals surface area contributed by atoms with Crippen molar-refractivity contribution in [2.24, 2.45) is 0 Å². The van der Waals surface area contributed by atoms with Crippen molar-refractivity contribution in [2.45, 2.75) is 33.6 Å². The number of hydrogen-bond donors (Lipinski definition) is 1. The standard InChI is InChI=1S/C15H17FN2O/c1-8(2)14-17-13(10(4)15(19)18-14)11-5-9(3)6-12(16)7-11/h5-8H,1-4H3,(H,17,18,19). The molecule has 1 heterocycles. The van der Waals surface area contributed by atoms with Crippen LogP contribution in [0.25, 0.3) is 11.3 Å². The Balaban J connectivity index is 2.70. The van der Waals surface area contributed by atoms with E-state index in [2.05, 4.69) is 9.97 Å². The van der Waals surface area contributed by atoms with E-state index in [-0.39, 0.29) is 17.3 Å². The Morgan fingerprint density at radius 2 is 1.89 bits per heavy atom. The number of halogens is 1. The van der Waals surface area contributed by atoms with Crippen LogP contribution < -0.4 is 5.56 Å². The summed E-state index contributed by atoms with van der Waals surface area (Å²) in [4.78, 5) is 19.1. The third-order valence-corrected chi connectivity index (χ3v) is 3.03. The Morgan fingerprint density at radius 3 is 2.47 bits per heavy atom. The van der Waals surface area contributed by atoms with Gasteiger partial charge in [-0.1, -0.05) is 13.8 Å². The highest BCUT2D eigenvalue weighted by Gasteiger charge is 2.12. The van der Waals surface area contributed by atoms with E-state index in [1.54, 1.807) is 6.92 Å². The fraction of sp³-hybridized carbons (Fsp3) is 0.333. The van der Waals surface area contributed by atoms with Crippen LogP contribution in [0.2, 0.25) is 0 Å². The molecule has 0 fully saturated rings. The monoisotopic (exact) mass is 260 g/mol. The number of H-pyrrole nitrogens is 1. The first-order valence-corrected chi connectivity index (χ1v) is 6.27. The van der Waals surface area contributed by atoms with Gasteiger partial charge in [0.1, 0.15) is 11.6 Å². The minimum atomic E-state index is -0.317. The van der Waals surface area contributed by atoms with Crippen molar-refractivity contribution in [1.82, 2.24) is 9.97 Å². The molecule has 100 valence electrons. The Kier molecular flexibility index (Phi) is 3.51. The lowest BCUT2D eigenvalue weighted by Gasteiger charge is -2.10. The van der Waals surface area contributed by atoms with Crippen LogP contribution in [0.5, 0.6) is 0 Å². The van der Waals surface area contributed by atoms with Crippen LogP contribution in [0.1, 0.15) is 36.7 Å². The Hall–Kier alpha value is -1.97. The molecule has 0 radical (unpaired) electrons. The van der Waals surface area contributed by atoms with E-state index in [9.17, 15) is 9.18 Å². The lowest BCUT2D eigenvalue weighted by molar-refractivity contribution is 0.627. The largest absolute Gasteiger partial charge is 0.310 e. The molecule has 0 amide bonds. The SMILES string of the molecule is Cc1cc(F)cc(-c2nc(C(C)C)[nH]c(=O)c2C)c1. The molecule has 1 aromatic heterocycles. The van der Waals surface area contributed by atoms with Gasteiger partial charge in [0, 0.05) is 17.0 Å². The summed E-state index contributed by atoms with van der Waals surface area (Å²) in [6.45, 7) is 7.42. The third-order valence-electron chi connectivity index (χ3n) is 3.03. The highest BCUT2D eigenvalue weighted by atomic mass is 19.1. The average molecular weight is 260 g/mol. The van der Waals surface area contributed by atoms with Crippen LogP contribution in [-0.4, -0.2) is 9.97 Å². The van der Waals surface area contributed by atoms with Gasteiger partial charge in [-0.3, -0.25) is 4.79 Å². The molecule has 0 unspecified atom stereocenters. The van der Waals surface area contributed by atoms with Gasteiger partial charge >= 0.3 is 0 Å². The number of aromatic nitrogens is 2. The molecule has 0 saturated carbocycles. The van der Waals surface area contributed by atoms with Crippen LogP contribution in [-0.2, 0) is 0 Å². The molecule has 0 aliphatic heterocycles. The molecule has 0 bridgehead atoms. The van der Waals surface area contributed by atoms with Gasteiger partial charge < -0.3 is 4.98 Å². The van der Waals surface area contributed by atoms with Crippen molar-refractivity contribution < 1.29 is 4.39 Å². The lowest BCUT2D eigenvalue weighted by atomic mass is 10.0. The van der Waals surface area contributed by atoms with Crippen LogP contribution in [0.3, 0.4) is 0 Å². The van der Waals surface area contributed by atoms with Gasteiger partial charge in [-0.25, -0.2) is 9.37 Å². The molecule has 4 heteroatoms. The molecule has 19 heavy (non-hydrogen) atoms. The topological polar surface area (TPSA) is 45.8 Å². The molecule has 2 rings (SSSR count). The highest BCUT2D eigenvalue weighted by Crippen LogP contribution is 2.22. The first kappa shape index (κ1) is 13.5. The summed E-state index contributed by atoms with van der Waals surface area (Å²) in [6.07, 6.45) is 0. The fourth-order valence-corrected chi connectivity index (χ4v) is 1.98. The molecule has 0 saturated heterocycles. The Morgan fingerprint density at radius 1 is 1.21 bits per heavy atom. The second-order valence-electron chi connectivity index (χ2n) is 5.10. The van der Waals surface area contributed by atoms with E-state index >= 15 is 0 Å². The summed E-state index contributed by atoms with van der Waals surface area (Å²) < 4.78 is 13.5. The van der Waals surface area contributed by atoms with E-state index in [1.165, 1.54) is 12.1 Å². The van der Waals surface area contributed by atoms with Gasteiger partial charge in [-0.05, 0) is 37.6 Å². The average Bonchev–Trinajstić information content (AvgIpc) is 2.30. The maximum atomic E-state index is 13.5. The summed E-state index contributed by atoms with van der Waals surface area (Å²) in [6, 6.07) is 4.70. The van der Waals surface area contributed by atoms with E-state index in [0.717, 1.165) is 5.56 Å². The summed E-state index contributed by atoms with van der Waals surface area (Å²) in [5.74, 6) is 0.414. The lowest BCUT2D eigenvalue weighted by Crippen LogP contribution is -2.17. The van der Waals surface area contributed by atoms with Gasteiger partial charge in [-0.15, -0.1) is 0 Å². The van der Waals surface area contributed by atoms with Crippen LogP contribution >= 0.6 is 0 Å². The number of nitrogens with one attached hydrogen (secondary N) is 1. The molecule has 0 atom stereocenters. The Labute approximate surface area is 111 Å². The van der Waals surface area contributed by atoms with Crippen molar-refractivity contribution in [1.29, 1.82) is 0 Å². The fourth-order valence-electron chi connectivity index (χ4n) is 1.98. The predicted molar refractivity (Wildman–Crippen MR) is 73.8 cm³/mol. The van der Waals surface area contributed by atoms with Gasteiger partial charge in [-0.2, -0.15) is 0 Å². The number of aromatic amines is 1. The van der Waals surface area contributed by atoms with Crippen molar-refractivity contribution >= 4 is 0 Å². The van der Waals surface area contributed by atoms with Crippen LogP contribution in [0, 0.1) is 19.7 Å². The summed E-state index contributed by atoms with van der Waals surface area (Å²) in [7, 11) is 0. The van der Waals surface area contributed by atoms with Crippen molar-refractivity contribution in [3.05, 3.63) is 51.3 Å². The zero-order valence-electron chi connectivity index (χ0n) is 11.5. The molecular weight excluding hydrogens is 243 g/mol. The molecule has 2 aromatic rings. The third kappa shape index (κ3) is 2.72. The molecule has 1 aromatic carbocycles. The first-order valence-electron chi connectivity index (χ1n) is 6.27. The predicted octanol–water partition coefficient (Wildman–Crippen LogP) is 3.32. The van der Waals surface area contributed by atoms with Crippen molar-refractivity contribution in [3.8, 4) is 11.3 Å². The van der Waals surface area contributed by atoms with E-state index in [0.29, 0.717) is 22.6 Å². The second kappa shape index (κ2) is 4.96. The quantitative estimate of drug-likeness (QED) is 0.900. The van der Waals surface area contributed by atoms with Crippen molar-refractivity contribution in [2.75, 3.05) is 0 Å². The Bertz CT molecular complexity index is 654.